The molecule has 1 fully saturated rings. The maximum absolute atomic E-state index is 13.0. The van der Waals surface area contributed by atoms with Crippen molar-refractivity contribution in [2.45, 2.75) is 18.8 Å². The van der Waals surface area contributed by atoms with Crippen LogP contribution in [0.25, 0.3) is 16.7 Å². The van der Waals surface area contributed by atoms with Crippen LogP contribution in [0.5, 0.6) is 0 Å². The highest BCUT2D eigenvalue weighted by Crippen LogP contribution is 2.27. The third-order valence-corrected chi connectivity index (χ3v) is 5.23. The van der Waals surface area contributed by atoms with Crippen LogP contribution in [-0.2, 0) is 0 Å². The molecule has 1 saturated heterocycles. The van der Waals surface area contributed by atoms with Gasteiger partial charge in [0.05, 0.1) is 16.7 Å². The molecule has 1 aliphatic rings. The fourth-order valence-corrected chi connectivity index (χ4v) is 3.77. The number of hydrogen-bond donors (Lipinski definition) is 1. The smallest absolute Gasteiger partial charge is 0.253 e. The summed E-state index contributed by atoms with van der Waals surface area (Å²) in [4.78, 5) is 23.1. The van der Waals surface area contributed by atoms with Gasteiger partial charge in [0.2, 0.25) is 0 Å². The van der Waals surface area contributed by atoms with E-state index in [1.165, 1.54) is 6.33 Å². The van der Waals surface area contributed by atoms with Gasteiger partial charge in [-0.15, -0.1) is 5.10 Å². The number of tetrazole rings is 1. The van der Waals surface area contributed by atoms with E-state index in [-0.39, 0.29) is 11.8 Å². The quantitative estimate of drug-likeness (QED) is 0.596. The van der Waals surface area contributed by atoms with Crippen LogP contribution in [0.15, 0.2) is 54.9 Å². The van der Waals surface area contributed by atoms with Gasteiger partial charge >= 0.3 is 0 Å². The molecule has 3 heterocycles. The number of carbonyl (C=O) groups is 1. The molecule has 28 heavy (non-hydrogen) atoms. The molecular formula is C20H19N7O. The van der Waals surface area contributed by atoms with Gasteiger partial charge in [0.1, 0.15) is 12.2 Å². The van der Waals surface area contributed by atoms with E-state index in [0.717, 1.165) is 41.9 Å². The molecule has 1 atom stereocenters. The molecule has 1 amide bonds. The van der Waals surface area contributed by atoms with Crippen LogP contribution in [0.3, 0.4) is 0 Å². The number of aromatic amines is 1. The second-order valence-electron chi connectivity index (χ2n) is 7.03. The molecule has 1 aliphatic heterocycles. The van der Waals surface area contributed by atoms with Crippen molar-refractivity contribution >= 4 is 16.9 Å². The Morgan fingerprint density at radius 2 is 1.96 bits per heavy atom. The van der Waals surface area contributed by atoms with Gasteiger partial charge in [-0.2, -0.15) is 0 Å². The highest BCUT2D eigenvalue weighted by Gasteiger charge is 2.27. The zero-order valence-electron chi connectivity index (χ0n) is 15.2. The van der Waals surface area contributed by atoms with E-state index >= 15 is 0 Å². The lowest BCUT2D eigenvalue weighted by molar-refractivity contribution is 0.0705. The number of fused-ring (bicyclic) bond motifs is 1. The molecule has 8 nitrogen and oxygen atoms in total. The number of aromatic nitrogens is 6. The topological polar surface area (TPSA) is 92.6 Å². The van der Waals surface area contributed by atoms with Gasteiger partial charge in [0.25, 0.3) is 5.91 Å². The Morgan fingerprint density at radius 1 is 1.11 bits per heavy atom. The third kappa shape index (κ3) is 3.02. The molecule has 4 aromatic rings. The Hall–Kier alpha value is -3.55. The van der Waals surface area contributed by atoms with Crippen LogP contribution in [0.4, 0.5) is 0 Å². The molecule has 0 spiro atoms. The Balaban J connectivity index is 1.33. The maximum Gasteiger partial charge on any atom is 0.253 e. The molecule has 8 heteroatoms. The number of imidazole rings is 1. The van der Waals surface area contributed by atoms with Crippen molar-refractivity contribution in [3.8, 4) is 5.69 Å². The van der Waals surface area contributed by atoms with Crippen molar-refractivity contribution in [2.75, 3.05) is 13.1 Å². The second kappa shape index (κ2) is 6.88. The molecule has 2 aromatic heterocycles. The fraction of sp³-hybridized carbons (Fsp3) is 0.250. The lowest BCUT2D eigenvalue weighted by Gasteiger charge is -2.32. The Bertz CT molecular complexity index is 1070. The van der Waals surface area contributed by atoms with Crippen molar-refractivity contribution in [3.05, 3.63) is 66.2 Å². The zero-order valence-corrected chi connectivity index (χ0v) is 15.2. The number of amides is 1. The molecule has 1 unspecified atom stereocenters. The first kappa shape index (κ1) is 16.6. The van der Waals surface area contributed by atoms with E-state index in [9.17, 15) is 4.79 Å². The van der Waals surface area contributed by atoms with E-state index < -0.39 is 0 Å². The largest absolute Gasteiger partial charge is 0.342 e. The number of hydrogen-bond acceptors (Lipinski definition) is 5. The minimum absolute atomic E-state index is 0.0454. The lowest BCUT2D eigenvalue weighted by Crippen LogP contribution is -2.39. The summed E-state index contributed by atoms with van der Waals surface area (Å²) in [6, 6.07) is 15.4. The van der Waals surface area contributed by atoms with Crippen LogP contribution in [0, 0.1) is 0 Å². The number of likely N-dealkylation sites (tertiary alicyclic amines) is 1. The lowest BCUT2D eigenvalue weighted by atomic mass is 9.96. The normalized spacial score (nSPS) is 17.1. The van der Waals surface area contributed by atoms with Crippen molar-refractivity contribution in [2.24, 2.45) is 0 Å². The van der Waals surface area contributed by atoms with Gasteiger partial charge in [0, 0.05) is 24.6 Å². The van der Waals surface area contributed by atoms with Crippen LogP contribution in [0.1, 0.15) is 34.9 Å². The van der Waals surface area contributed by atoms with Gasteiger partial charge in [-0.25, -0.2) is 9.67 Å². The molecule has 2 aromatic carbocycles. The van der Waals surface area contributed by atoms with Crippen LogP contribution >= 0.6 is 0 Å². The minimum Gasteiger partial charge on any atom is -0.342 e. The van der Waals surface area contributed by atoms with E-state index in [2.05, 4.69) is 20.5 Å². The van der Waals surface area contributed by atoms with Crippen molar-refractivity contribution < 1.29 is 4.79 Å². The van der Waals surface area contributed by atoms with E-state index in [4.69, 9.17) is 4.98 Å². The van der Waals surface area contributed by atoms with Crippen LogP contribution in [0.2, 0.25) is 0 Å². The average Bonchev–Trinajstić information content (AvgIpc) is 3.43. The van der Waals surface area contributed by atoms with Gasteiger partial charge in [-0.1, -0.05) is 12.1 Å². The molecule has 0 aliphatic carbocycles. The summed E-state index contributed by atoms with van der Waals surface area (Å²) in [5, 5.41) is 11.1. The Morgan fingerprint density at radius 3 is 2.75 bits per heavy atom. The number of H-pyrrole nitrogens is 1. The summed E-state index contributed by atoms with van der Waals surface area (Å²) in [6.07, 6.45) is 3.53. The molecule has 1 N–H and O–H groups in total. The first-order valence-corrected chi connectivity index (χ1v) is 9.35. The predicted octanol–water partition coefficient (Wildman–Crippen LogP) is 2.56. The molecule has 0 bridgehead atoms. The number of para-hydroxylation sites is 2. The number of carbonyl (C=O) groups excluding carboxylic acids is 1. The summed E-state index contributed by atoms with van der Waals surface area (Å²) in [5.41, 5.74) is 3.50. The highest BCUT2D eigenvalue weighted by molar-refractivity contribution is 5.94. The van der Waals surface area contributed by atoms with Gasteiger partial charge in [-0.3, -0.25) is 4.79 Å². The van der Waals surface area contributed by atoms with Gasteiger partial charge in [-0.05, 0) is 59.7 Å². The number of rotatable bonds is 3. The predicted molar refractivity (Wildman–Crippen MR) is 103 cm³/mol. The summed E-state index contributed by atoms with van der Waals surface area (Å²) < 4.78 is 1.56. The first-order valence-electron chi connectivity index (χ1n) is 9.35. The maximum atomic E-state index is 13.0. The molecule has 140 valence electrons. The van der Waals surface area contributed by atoms with Crippen LogP contribution in [-0.4, -0.2) is 54.1 Å². The van der Waals surface area contributed by atoms with Crippen molar-refractivity contribution in [3.63, 3.8) is 0 Å². The Kier molecular flexibility index (Phi) is 4.08. The second-order valence-corrected chi connectivity index (χ2v) is 7.03. The first-order chi connectivity index (χ1) is 13.8. The zero-order chi connectivity index (χ0) is 18.9. The standard InChI is InChI=1S/C20H19N7O/c28-20(14-7-9-16(10-8-14)27-13-21-24-25-27)26-11-3-4-15(12-26)19-22-17-5-1-2-6-18(17)23-19/h1-2,5-10,13,15H,3-4,11-12H2,(H,22,23). The number of piperidine rings is 1. The third-order valence-electron chi connectivity index (χ3n) is 5.23. The minimum atomic E-state index is 0.0454. The number of benzene rings is 2. The average molecular weight is 373 g/mol. The van der Waals surface area contributed by atoms with Crippen molar-refractivity contribution in [1.29, 1.82) is 0 Å². The van der Waals surface area contributed by atoms with Crippen LogP contribution < -0.4 is 0 Å². The summed E-state index contributed by atoms with van der Waals surface area (Å²) in [5.74, 6) is 1.24. The van der Waals surface area contributed by atoms with Crippen molar-refractivity contribution in [1.82, 2.24) is 35.1 Å². The number of nitrogens with zero attached hydrogens (tertiary/aromatic N) is 6. The number of nitrogens with one attached hydrogen (secondary N) is 1. The molecular weight excluding hydrogens is 354 g/mol. The van der Waals surface area contributed by atoms with Gasteiger partial charge in [0.15, 0.2) is 0 Å². The van der Waals surface area contributed by atoms with E-state index in [0.29, 0.717) is 12.1 Å². The van der Waals surface area contributed by atoms with E-state index in [1.807, 2.05) is 53.4 Å². The summed E-state index contributed by atoms with van der Waals surface area (Å²) >= 11 is 0. The highest BCUT2D eigenvalue weighted by atomic mass is 16.2. The summed E-state index contributed by atoms with van der Waals surface area (Å²) in [7, 11) is 0. The van der Waals surface area contributed by atoms with E-state index in [1.54, 1.807) is 4.68 Å². The Labute approximate surface area is 161 Å². The summed E-state index contributed by atoms with van der Waals surface area (Å²) in [6.45, 7) is 1.44. The molecule has 5 rings (SSSR count). The molecule has 0 saturated carbocycles. The fourth-order valence-electron chi connectivity index (χ4n) is 3.77. The van der Waals surface area contributed by atoms with Gasteiger partial charge < -0.3 is 9.88 Å². The molecule has 0 radical (unpaired) electrons. The monoisotopic (exact) mass is 373 g/mol. The SMILES string of the molecule is O=C(c1ccc(-n2cnnn2)cc1)N1CCCC(c2nc3ccccc3[nH]2)C1.